The van der Waals surface area contributed by atoms with Gasteiger partial charge in [0.2, 0.25) is 0 Å². The molecule has 0 heterocycles. The van der Waals surface area contributed by atoms with Gasteiger partial charge < -0.3 is 4.74 Å². The van der Waals surface area contributed by atoms with Crippen molar-refractivity contribution in [3.63, 3.8) is 0 Å². The van der Waals surface area contributed by atoms with E-state index in [4.69, 9.17) is 4.74 Å². The Morgan fingerprint density at radius 1 is 1.54 bits per heavy atom. The smallest absolute Gasteiger partial charge is 0.120 e. The first-order valence-electron chi connectivity index (χ1n) is 4.22. The van der Waals surface area contributed by atoms with Crippen molar-refractivity contribution in [3.05, 3.63) is 40.4 Å². The average Bonchev–Trinajstić information content (AvgIpc) is 2.14. The number of rotatable bonds is 3. The molecule has 0 atom stereocenters. The van der Waals surface area contributed by atoms with Gasteiger partial charge in [-0.3, -0.25) is 0 Å². The summed E-state index contributed by atoms with van der Waals surface area (Å²) in [5, 5.41) is 0. The predicted molar refractivity (Wildman–Crippen MR) is 59.1 cm³/mol. The fourth-order valence-corrected chi connectivity index (χ4v) is 1.22. The lowest BCUT2D eigenvalue weighted by Gasteiger charge is -2.05. The summed E-state index contributed by atoms with van der Waals surface area (Å²) in [6.45, 7) is 4.73. The van der Waals surface area contributed by atoms with Crippen LogP contribution in [-0.2, 0) is 0 Å². The molecule has 0 bridgehead atoms. The predicted octanol–water partition coefficient (Wildman–Crippen LogP) is 3.79. The van der Waals surface area contributed by atoms with E-state index in [-0.39, 0.29) is 0 Å². The van der Waals surface area contributed by atoms with Crippen LogP contribution in [0.3, 0.4) is 0 Å². The number of benzene rings is 1. The number of ether oxygens (including phenoxy) is 1. The van der Waals surface area contributed by atoms with Crippen molar-refractivity contribution >= 4 is 15.9 Å². The van der Waals surface area contributed by atoms with Gasteiger partial charge in [0.25, 0.3) is 0 Å². The molecule has 1 aromatic carbocycles. The zero-order valence-electron chi connectivity index (χ0n) is 7.88. The molecule has 70 valence electrons. The van der Waals surface area contributed by atoms with Gasteiger partial charge in [-0.15, -0.1) is 0 Å². The molecule has 0 spiro atoms. The quantitative estimate of drug-likeness (QED) is 0.731. The van der Waals surface area contributed by atoms with Crippen LogP contribution in [0.25, 0.3) is 0 Å². The highest BCUT2D eigenvalue weighted by molar-refractivity contribution is 9.10. The first-order valence-corrected chi connectivity index (χ1v) is 5.02. The Morgan fingerprint density at radius 2 is 2.31 bits per heavy atom. The van der Waals surface area contributed by atoms with Crippen molar-refractivity contribution < 1.29 is 4.74 Å². The Bertz CT molecular complexity index is 305. The molecule has 0 saturated carbocycles. The Kier molecular flexibility index (Phi) is 4.03. The minimum absolute atomic E-state index is 0.660. The lowest BCUT2D eigenvalue weighted by atomic mass is 10.3. The van der Waals surface area contributed by atoms with Gasteiger partial charge in [0.15, 0.2) is 0 Å². The zero-order valence-corrected chi connectivity index (χ0v) is 9.47. The van der Waals surface area contributed by atoms with E-state index >= 15 is 0 Å². The van der Waals surface area contributed by atoms with Gasteiger partial charge in [-0.1, -0.05) is 28.1 Å². The lowest BCUT2D eigenvalue weighted by Crippen LogP contribution is -1.97. The molecule has 0 saturated heterocycles. The van der Waals surface area contributed by atoms with E-state index in [9.17, 15) is 0 Å². The van der Waals surface area contributed by atoms with Crippen LogP contribution in [0.4, 0.5) is 0 Å². The average molecular weight is 241 g/mol. The van der Waals surface area contributed by atoms with Crippen molar-refractivity contribution in [3.8, 4) is 5.75 Å². The summed E-state index contributed by atoms with van der Waals surface area (Å²) in [5.74, 6) is 0.899. The maximum Gasteiger partial charge on any atom is 0.120 e. The van der Waals surface area contributed by atoms with E-state index < -0.39 is 0 Å². The van der Waals surface area contributed by atoms with Gasteiger partial charge in [0.1, 0.15) is 12.4 Å². The van der Waals surface area contributed by atoms with Crippen molar-refractivity contribution in [2.75, 3.05) is 6.61 Å². The van der Waals surface area contributed by atoms with Crippen molar-refractivity contribution in [2.45, 2.75) is 13.8 Å². The fourth-order valence-electron chi connectivity index (χ4n) is 0.837. The van der Waals surface area contributed by atoms with Crippen molar-refractivity contribution in [1.29, 1.82) is 0 Å². The van der Waals surface area contributed by atoms with E-state index in [1.165, 1.54) is 5.57 Å². The highest BCUT2D eigenvalue weighted by Gasteiger charge is 1.94. The molecule has 0 radical (unpaired) electrons. The molecule has 2 heteroatoms. The Balaban J connectivity index is 2.55. The summed E-state index contributed by atoms with van der Waals surface area (Å²) in [7, 11) is 0. The molecule has 1 rings (SSSR count). The standard InChI is InChI=1S/C11H13BrO/c1-3-9(2)8-13-11-6-4-5-10(12)7-11/h3-7H,8H2,1-2H3. The highest BCUT2D eigenvalue weighted by atomic mass is 79.9. The topological polar surface area (TPSA) is 9.23 Å². The number of halogens is 1. The lowest BCUT2D eigenvalue weighted by molar-refractivity contribution is 0.352. The van der Waals surface area contributed by atoms with Gasteiger partial charge in [-0.25, -0.2) is 0 Å². The van der Waals surface area contributed by atoms with Gasteiger partial charge in [0, 0.05) is 4.47 Å². The number of hydrogen-bond acceptors (Lipinski definition) is 1. The molecular weight excluding hydrogens is 228 g/mol. The second kappa shape index (κ2) is 5.07. The summed E-state index contributed by atoms with van der Waals surface area (Å²) in [5.41, 5.74) is 1.24. The van der Waals surface area contributed by atoms with Crippen molar-refractivity contribution in [1.82, 2.24) is 0 Å². The molecule has 0 fully saturated rings. The van der Waals surface area contributed by atoms with Gasteiger partial charge in [-0.05, 0) is 37.6 Å². The van der Waals surface area contributed by atoms with Crippen LogP contribution >= 0.6 is 15.9 Å². The highest BCUT2D eigenvalue weighted by Crippen LogP contribution is 2.18. The van der Waals surface area contributed by atoms with E-state index in [1.54, 1.807) is 0 Å². The first kappa shape index (κ1) is 10.3. The summed E-state index contributed by atoms with van der Waals surface area (Å²) < 4.78 is 6.59. The molecule has 0 amide bonds. The molecule has 13 heavy (non-hydrogen) atoms. The second-order valence-electron chi connectivity index (χ2n) is 2.88. The molecule has 0 aromatic heterocycles. The third-order valence-corrected chi connectivity index (χ3v) is 2.25. The molecule has 0 N–H and O–H groups in total. The van der Waals surface area contributed by atoms with Gasteiger partial charge >= 0.3 is 0 Å². The van der Waals surface area contributed by atoms with Gasteiger partial charge in [0.05, 0.1) is 0 Å². The molecule has 0 aliphatic heterocycles. The van der Waals surface area contributed by atoms with Crippen LogP contribution in [0.15, 0.2) is 40.4 Å². The molecule has 1 aromatic rings. The molecule has 0 aliphatic rings. The monoisotopic (exact) mass is 240 g/mol. The summed E-state index contributed by atoms with van der Waals surface area (Å²) >= 11 is 3.39. The molecule has 0 aliphatic carbocycles. The van der Waals surface area contributed by atoms with E-state index in [0.29, 0.717) is 6.61 Å². The van der Waals surface area contributed by atoms with Crippen LogP contribution in [-0.4, -0.2) is 6.61 Å². The number of allylic oxidation sites excluding steroid dienone is 1. The fraction of sp³-hybridized carbons (Fsp3) is 0.273. The first-order chi connectivity index (χ1) is 6.22. The molecular formula is C11H13BrO. The third kappa shape index (κ3) is 3.64. The van der Waals surface area contributed by atoms with Crippen LogP contribution in [0, 0.1) is 0 Å². The van der Waals surface area contributed by atoms with Crippen LogP contribution in [0.2, 0.25) is 0 Å². The maximum absolute atomic E-state index is 5.54. The third-order valence-electron chi connectivity index (χ3n) is 1.76. The van der Waals surface area contributed by atoms with E-state index in [2.05, 4.69) is 28.9 Å². The minimum Gasteiger partial charge on any atom is -0.489 e. The summed E-state index contributed by atoms with van der Waals surface area (Å²) in [6, 6.07) is 7.86. The van der Waals surface area contributed by atoms with E-state index in [0.717, 1.165) is 10.2 Å². The summed E-state index contributed by atoms with van der Waals surface area (Å²) in [6.07, 6.45) is 2.05. The van der Waals surface area contributed by atoms with Crippen molar-refractivity contribution in [2.24, 2.45) is 0 Å². The zero-order chi connectivity index (χ0) is 9.68. The summed E-state index contributed by atoms with van der Waals surface area (Å²) in [4.78, 5) is 0. The van der Waals surface area contributed by atoms with Crippen LogP contribution in [0.1, 0.15) is 13.8 Å². The minimum atomic E-state index is 0.660. The largest absolute Gasteiger partial charge is 0.489 e. The Morgan fingerprint density at radius 3 is 2.92 bits per heavy atom. The van der Waals surface area contributed by atoms with Gasteiger partial charge in [-0.2, -0.15) is 0 Å². The van der Waals surface area contributed by atoms with Crippen LogP contribution < -0.4 is 4.74 Å². The molecule has 1 nitrogen and oxygen atoms in total. The normalized spacial score (nSPS) is 11.5. The second-order valence-corrected chi connectivity index (χ2v) is 3.80. The maximum atomic E-state index is 5.54. The SMILES string of the molecule is CC=C(C)COc1cccc(Br)c1. The molecule has 0 unspecified atom stereocenters. The van der Waals surface area contributed by atoms with Crippen LogP contribution in [0.5, 0.6) is 5.75 Å². The van der Waals surface area contributed by atoms with E-state index in [1.807, 2.05) is 31.2 Å². The number of hydrogen-bond donors (Lipinski definition) is 0. The Hall–Kier alpha value is -0.760. The Labute approximate surface area is 87.5 Å².